The highest BCUT2D eigenvalue weighted by Gasteiger charge is 2.74. The third kappa shape index (κ3) is 1.93. The summed E-state index contributed by atoms with van der Waals surface area (Å²) in [5, 5.41) is 12.9. The third-order valence-corrected chi connectivity index (χ3v) is 7.22. The van der Waals surface area contributed by atoms with Crippen LogP contribution in [0.3, 0.4) is 0 Å². The van der Waals surface area contributed by atoms with Crippen molar-refractivity contribution in [2.24, 2.45) is 11.8 Å². The Labute approximate surface area is 178 Å². The highest BCUT2D eigenvalue weighted by Crippen LogP contribution is 2.64. The summed E-state index contributed by atoms with van der Waals surface area (Å²) in [7, 11) is 0. The van der Waals surface area contributed by atoms with Crippen LogP contribution < -0.4 is 4.90 Å². The normalized spacial score (nSPS) is 27.6. The molecule has 1 heterocycles. The number of hydrogen-bond acceptors (Lipinski definition) is 4. The van der Waals surface area contributed by atoms with Crippen molar-refractivity contribution in [2.75, 3.05) is 4.90 Å². The first-order valence-corrected chi connectivity index (χ1v) is 10.3. The van der Waals surface area contributed by atoms with Crippen molar-refractivity contribution in [3.05, 3.63) is 111 Å². The van der Waals surface area contributed by atoms with E-state index in [1.54, 1.807) is 36.4 Å². The van der Waals surface area contributed by atoms with Gasteiger partial charge in [0.25, 0.3) is 5.54 Å². The summed E-state index contributed by atoms with van der Waals surface area (Å²) in [5.41, 5.74) is 2.09. The first kappa shape index (κ1) is 18.0. The third-order valence-electron chi connectivity index (χ3n) is 7.22. The van der Waals surface area contributed by atoms with Gasteiger partial charge in [0, 0.05) is 22.0 Å². The summed E-state index contributed by atoms with van der Waals surface area (Å²) >= 11 is 0. The van der Waals surface area contributed by atoms with Crippen LogP contribution in [0.25, 0.3) is 0 Å². The molecule has 0 saturated carbocycles. The number of imide groups is 1. The maximum atomic E-state index is 13.8. The van der Waals surface area contributed by atoms with Crippen LogP contribution >= 0.6 is 0 Å². The van der Waals surface area contributed by atoms with E-state index in [1.807, 2.05) is 43.3 Å². The predicted octanol–water partition coefficient (Wildman–Crippen LogP) is 3.78. The van der Waals surface area contributed by atoms with E-state index in [1.165, 1.54) is 4.90 Å². The van der Waals surface area contributed by atoms with Crippen LogP contribution in [0.15, 0.2) is 72.8 Å². The molecule has 1 aliphatic heterocycles. The van der Waals surface area contributed by atoms with Crippen LogP contribution in [0.2, 0.25) is 0 Å². The Bertz CT molecular complexity index is 1270. The number of para-hydroxylation sites is 1. The maximum absolute atomic E-state index is 13.8. The maximum Gasteiger partial charge on any atom is 0.285 e. The molecule has 6 heteroatoms. The molecule has 1 fully saturated rings. The zero-order valence-electron chi connectivity index (χ0n) is 16.7. The first-order valence-electron chi connectivity index (χ1n) is 10.3. The Morgan fingerprint density at radius 1 is 0.839 bits per heavy atom. The SMILES string of the molecule is Cc1ccccc1N1C(=O)[C@@H]2C3c4ccccc4C([N+](=O)[O-])(c4ccccc43)[C@H]2C1=O. The summed E-state index contributed by atoms with van der Waals surface area (Å²) in [6.07, 6.45) is 0. The average molecular weight is 410 g/mol. The Morgan fingerprint density at radius 2 is 1.39 bits per heavy atom. The number of benzene rings is 3. The fourth-order valence-electron chi connectivity index (χ4n) is 6.09. The number of nitrogens with zero attached hydrogens (tertiary/aromatic N) is 2. The summed E-state index contributed by atoms with van der Waals surface area (Å²) in [4.78, 5) is 41.3. The number of aryl methyl sites for hydroxylation is 1. The van der Waals surface area contributed by atoms with E-state index in [9.17, 15) is 19.7 Å². The van der Waals surface area contributed by atoms with E-state index >= 15 is 0 Å². The van der Waals surface area contributed by atoms with Crippen molar-refractivity contribution >= 4 is 17.5 Å². The number of anilines is 1. The number of carbonyl (C=O) groups is 2. The average Bonchev–Trinajstić information content (AvgIpc) is 3.05. The Balaban J connectivity index is 1.69. The molecule has 0 aromatic heterocycles. The lowest BCUT2D eigenvalue weighted by atomic mass is 9.51. The van der Waals surface area contributed by atoms with Crippen LogP contribution in [0.4, 0.5) is 5.69 Å². The molecule has 0 radical (unpaired) electrons. The molecule has 4 aliphatic rings. The number of rotatable bonds is 2. The van der Waals surface area contributed by atoms with Gasteiger partial charge in [-0.2, -0.15) is 0 Å². The molecular formula is C25H18N2O4. The van der Waals surface area contributed by atoms with E-state index in [4.69, 9.17) is 0 Å². The molecule has 3 aromatic rings. The van der Waals surface area contributed by atoms with Crippen molar-refractivity contribution in [1.82, 2.24) is 0 Å². The standard InChI is InChI=1S/C25H18N2O4/c1-14-8-2-7-13-19(14)26-23(28)21-20-15-9-3-5-11-17(15)25(27(30)31,22(21)24(26)29)18-12-6-4-10-16(18)20/h2-13,20-22H,1H3/t20?,21-,22-,25?/m1/s1. The van der Waals surface area contributed by atoms with Gasteiger partial charge in [-0.25, -0.2) is 4.90 Å². The van der Waals surface area contributed by atoms with Crippen molar-refractivity contribution in [3.8, 4) is 0 Å². The molecule has 0 spiro atoms. The minimum absolute atomic E-state index is 0.343. The van der Waals surface area contributed by atoms with Gasteiger partial charge in [-0.15, -0.1) is 0 Å². The minimum Gasteiger partial charge on any atom is -0.274 e. The summed E-state index contributed by atoms with van der Waals surface area (Å²) in [5.74, 6) is -3.11. The number of hydrogen-bond donors (Lipinski definition) is 0. The van der Waals surface area contributed by atoms with E-state index in [2.05, 4.69) is 0 Å². The van der Waals surface area contributed by atoms with Crippen molar-refractivity contribution < 1.29 is 14.5 Å². The Kier molecular flexibility index (Phi) is 3.41. The fraction of sp³-hybridized carbons (Fsp3) is 0.200. The number of nitro groups is 1. The molecule has 31 heavy (non-hydrogen) atoms. The van der Waals surface area contributed by atoms with Gasteiger partial charge < -0.3 is 0 Å². The van der Waals surface area contributed by atoms with Gasteiger partial charge in [0.15, 0.2) is 0 Å². The molecule has 152 valence electrons. The lowest BCUT2D eigenvalue weighted by molar-refractivity contribution is -0.578. The predicted molar refractivity (Wildman–Crippen MR) is 113 cm³/mol. The van der Waals surface area contributed by atoms with Gasteiger partial charge in [-0.05, 0) is 29.7 Å². The van der Waals surface area contributed by atoms with Crippen LogP contribution in [0.1, 0.15) is 33.7 Å². The molecule has 7 rings (SSSR count). The van der Waals surface area contributed by atoms with Gasteiger partial charge in [-0.1, -0.05) is 66.7 Å². The second kappa shape index (κ2) is 5.88. The molecule has 0 unspecified atom stereocenters. The lowest BCUT2D eigenvalue weighted by Gasteiger charge is -2.48. The van der Waals surface area contributed by atoms with Crippen molar-refractivity contribution in [3.63, 3.8) is 0 Å². The van der Waals surface area contributed by atoms with Gasteiger partial charge in [0.1, 0.15) is 5.92 Å². The number of carbonyl (C=O) groups excluding carboxylic acids is 2. The first-order chi connectivity index (χ1) is 15.0. The molecule has 2 atom stereocenters. The van der Waals surface area contributed by atoms with Crippen LogP contribution in [0.5, 0.6) is 0 Å². The molecule has 1 saturated heterocycles. The highest BCUT2D eigenvalue weighted by molar-refractivity contribution is 6.24. The van der Waals surface area contributed by atoms with E-state index < -0.39 is 23.3 Å². The van der Waals surface area contributed by atoms with Gasteiger partial charge in [0.2, 0.25) is 11.8 Å². The second-order valence-corrected chi connectivity index (χ2v) is 8.48. The van der Waals surface area contributed by atoms with Crippen LogP contribution in [0, 0.1) is 28.9 Å². The molecule has 2 bridgehead atoms. The molecule has 2 amide bonds. The zero-order chi connectivity index (χ0) is 21.5. The van der Waals surface area contributed by atoms with E-state index in [0.29, 0.717) is 16.8 Å². The second-order valence-electron chi connectivity index (χ2n) is 8.48. The molecule has 6 nitrogen and oxygen atoms in total. The molecular weight excluding hydrogens is 392 g/mol. The highest BCUT2D eigenvalue weighted by atomic mass is 16.6. The Morgan fingerprint density at radius 3 is 1.97 bits per heavy atom. The van der Waals surface area contributed by atoms with Crippen molar-refractivity contribution in [2.45, 2.75) is 18.4 Å². The van der Waals surface area contributed by atoms with Gasteiger partial charge in [0.05, 0.1) is 11.6 Å². The topological polar surface area (TPSA) is 80.5 Å². The lowest BCUT2D eigenvalue weighted by Crippen LogP contribution is -2.57. The molecule has 0 N–H and O–H groups in total. The van der Waals surface area contributed by atoms with Crippen LogP contribution in [-0.2, 0) is 15.1 Å². The quantitative estimate of drug-likeness (QED) is 0.366. The zero-order valence-corrected chi connectivity index (χ0v) is 16.7. The van der Waals surface area contributed by atoms with Crippen LogP contribution in [-0.4, -0.2) is 16.7 Å². The fourth-order valence-corrected chi connectivity index (χ4v) is 6.09. The smallest absolute Gasteiger partial charge is 0.274 e. The minimum atomic E-state index is -1.78. The monoisotopic (exact) mass is 410 g/mol. The Hall–Kier alpha value is -3.80. The number of amides is 2. The van der Waals surface area contributed by atoms with Gasteiger partial charge >= 0.3 is 0 Å². The molecule has 3 aromatic carbocycles. The molecule has 3 aliphatic carbocycles. The largest absolute Gasteiger partial charge is 0.285 e. The van der Waals surface area contributed by atoms with Gasteiger partial charge in [-0.3, -0.25) is 19.7 Å². The van der Waals surface area contributed by atoms with E-state index in [0.717, 1.165) is 16.7 Å². The van der Waals surface area contributed by atoms with Crippen molar-refractivity contribution in [1.29, 1.82) is 0 Å². The van der Waals surface area contributed by atoms with E-state index in [-0.39, 0.29) is 16.7 Å². The summed E-state index contributed by atoms with van der Waals surface area (Å²) in [6, 6.07) is 21.6. The summed E-state index contributed by atoms with van der Waals surface area (Å²) in [6.45, 7) is 1.83. The summed E-state index contributed by atoms with van der Waals surface area (Å²) < 4.78 is 0.